The number of Topliss-reactive ketones (excluding diaryl/α,β-unsaturated/α-hetero) is 1. The van der Waals surface area contributed by atoms with Crippen molar-refractivity contribution in [2.24, 2.45) is 17.3 Å². The number of fused-ring (bicyclic) bond motifs is 4. The number of carbonyl (C=O) groups is 2. The lowest BCUT2D eigenvalue weighted by Crippen LogP contribution is -2.51. The average Bonchev–Trinajstić information content (AvgIpc) is 2.78. The first-order valence-electron chi connectivity index (χ1n) is 8.60. The fourth-order valence-corrected chi connectivity index (χ4v) is 5.61. The van der Waals surface area contributed by atoms with Gasteiger partial charge in [-0.3, -0.25) is 9.59 Å². The molecule has 2 saturated carbocycles. The normalized spacial score (nSPS) is 42.6. The third-order valence-electron chi connectivity index (χ3n) is 6.90. The van der Waals surface area contributed by atoms with Gasteiger partial charge in [-0.05, 0) is 61.2 Å². The highest BCUT2D eigenvalue weighted by Crippen LogP contribution is 2.62. The van der Waals surface area contributed by atoms with Crippen molar-refractivity contribution in [1.82, 2.24) is 0 Å². The first-order chi connectivity index (χ1) is 10.9. The van der Waals surface area contributed by atoms with E-state index in [1.54, 1.807) is 6.08 Å². The molecule has 4 atom stereocenters. The molecule has 3 heteroatoms. The molecule has 4 aliphatic carbocycles. The van der Waals surface area contributed by atoms with Crippen LogP contribution >= 0.6 is 0 Å². The molecule has 120 valence electrons. The van der Waals surface area contributed by atoms with Crippen molar-refractivity contribution in [3.05, 3.63) is 22.8 Å². The van der Waals surface area contributed by atoms with Gasteiger partial charge in [-0.25, -0.2) is 0 Å². The Morgan fingerprint density at radius 1 is 1.26 bits per heavy atom. The molecule has 0 spiro atoms. The topological polar surface area (TPSA) is 54.4 Å². The molecule has 0 saturated heterocycles. The van der Waals surface area contributed by atoms with Gasteiger partial charge in [-0.15, -0.1) is 6.42 Å². The van der Waals surface area contributed by atoms with E-state index in [2.05, 4.69) is 5.92 Å². The molecule has 0 unspecified atom stereocenters. The monoisotopic (exact) mass is 310 g/mol. The number of rotatable bonds is 0. The van der Waals surface area contributed by atoms with Gasteiger partial charge < -0.3 is 5.11 Å². The Balaban J connectivity index is 1.82. The van der Waals surface area contributed by atoms with Gasteiger partial charge in [0.15, 0.2) is 11.6 Å². The summed E-state index contributed by atoms with van der Waals surface area (Å²) in [4.78, 5) is 24.6. The summed E-state index contributed by atoms with van der Waals surface area (Å²) in [5, 5.41) is 10.9. The van der Waals surface area contributed by atoms with E-state index in [1.807, 2.05) is 6.92 Å². The zero-order valence-electron chi connectivity index (χ0n) is 13.5. The maximum absolute atomic E-state index is 13.0. The minimum Gasteiger partial charge on any atom is -0.377 e. The van der Waals surface area contributed by atoms with Gasteiger partial charge in [0, 0.05) is 23.8 Å². The highest BCUT2D eigenvalue weighted by Gasteiger charge is 2.62. The third kappa shape index (κ3) is 1.82. The Morgan fingerprint density at radius 3 is 2.78 bits per heavy atom. The summed E-state index contributed by atoms with van der Waals surface area (Å²) in [5.74, 6) is 3.37. The van der Waals surface area contributed by atoms with Crippen LogP contribution in [0, 0.1) is 29.6 Å². The Kier molecular flexibility index (Phi) is 3.03. The maximum Gasteiger partial charge on any atom is 0.160 e. The van der Waals surface area contributed by atoms with Crippen molar-refractivity contribution in [3.63, 3.8) is 0 Å². The molecule has 0 aromatic rings. The SMILES string of the molecule is C#C[C@]1(O)CC[C@@H]2[C@@H]3CCC4=CC(=O)CCC4=C3C(=O)C[C@@]21C. The molecule has 2 fully saturated rings. The molecular formula is C20H22O3. The summed E-state index contributed by atoms with van der Waals surface area (Å²) in [6.45, 7) is 2.00. The van der Waals surface area contributed by atoms with Gasteiger partial charge in [0.25, 0.3) is 0 Å². The van der Waals surface area contributed by atoms with E-state index < -0.39 is 11.0 Å². The summed E-state index contributed by atoms with van der Waals surface area (Å²) in [5.41, 5.74) is 1.49. The zero-order valence-corrected chi connectivity index (χ0v) is 13.5. The van der Waals surface area contributed by atoms with Crippen LogP contribution in [0.5, 0.6) is 0 Å². The number of terminal acetylenes is 1. The fourth-order valence-electron chi connectivity index (χ4n) is 5.61. The number of aliphatic hydroxyl groups is 1. The van der Waals surface area contributed by atoms with E-state index in [-0.39, 0.29) is 23.4 Å². The first kappa shape index (κ1) is 14.9. The largest absolute Gasteiger partial charge is 0.377 e. The standard InChI is InChI=1S/C20H22O3/c1-3-20(23)9-8-16-15-6-4-12-10-13(21)5-7-14(12)18(15)17(22)11-19(16,20)2/h1,10,15-16,23H,4-9,11H2,2H3/t15-,16+,19-,20-/m0/s1. The summed E-state index contributed by atoms with van der Waals surface area (Å²) in [6.07, 6.45) is 12.1. The molecule has 0 bridgehead atoms. The van der Waals surface area contributed by atoms with E-state index in [0.29, 0.717) is 25.7 Å². The van der Waals surface area contributed by atoms with Crippen LogP contribution in [0.25, 0.3) is 0 Å². The highest BCUT2D eigenvalue weighted by molar-refractivity contribution is 6.01. The van der Waals surface area contributed by atoms with Crippen LogP contribution in [0.15, 0.2) is 22.8 Å². The van der Waals surface area contributed by atoms with Crippen LogP contribution in [0.4, 0.5) is 0 Å². The molecule has 23 heavy (non-hydrogen) atoms. The number of allylic oxidation sites excluding steroid dienone is 4. The van der Waals surface area contributed by atoms with E-state index in [9.17, 15) is 14.7 Å². The van der Waals surface area contributed by atoms with Crippen LogP contribution in [0.3, 0.4) is 0 Å². The molecule has 4 aliphatic rings. The molecule has 0 heterocycles. The summed E-state index contributed by atoms with van der Waals surface area (Å²) < 4.78 is 0. The van der Waals surface area contributed by atoms with Crippen molar-refractivity contribution < 1.29 is 14.7 Å². The second-order valence-corrected chi connectivity index (χ2v) is 7.84. The molecule has 4 rings (SSSR count). The van der Waals surface area contributed by atoms with Crippen molar-refractivity contribution in [3.8, 4) is 12.3 Å². The van der Waals surface area contributed by atoms with Gasteiger partial charge in [0.05, 0.1) is 0 Å². The van der Waals surface area contributed by atoms with Crippen molar-refractivity contribution in [1.29, 1.82) is 0 Å². The van der Waals surface area contributed by atoms with E-state index >= 15 is 0 Å². The van der Waals surface area contributed by atoms with Crippen LogP contribution in [-0.2, 0) is 9.59 Å². The minimum absolute atomic E-state index is 0.138. The van der Waals surface area contributed by atoms with Gasteiger partial charge in [-0.1, -0.05) is 12.8 Å². The zero-order chi connectivity index (χ0) is 16.4. The average molecular weight is 310 g/mol. The molecule has 0 radical (unpaired) electrons. The van der Waals surface area contributed by atoms with E-state index in [4.69, 9.17) is 6.42 Å². The summed E-state index contributed by atoms with van der Waals surface area (Å²) >= 11 is 0. The van der Waals surface area contributed by atoms with Crippen LogP contribution < -0.4 is 0 Å². The van der Waals surface area contributed by atoms with Crippen LogP contribution in [0.1, 0.15) is 51.9 Å². The highest BCUT2D eigenvalue weighted by atomic mass is 16.3. The Labute approximate surface area is 136 Å². The number of carbonyl (C=O) groups excluding carboxylic acids is 2. The van der Waals surface area contributed by atoms with Crippen molar-refractivity contribution in [2.75, 3.05) is 0 Å². The van der Waals surface area contributed by atoms with Gasteiger partial charge in [0.2, 0.25) is 0 Å². The Bertz CT molecular complexity index is 720. The lowest BCUT2D eigenvalue weighted by molar-refractivity contribution is -0.128. The molecule has 0 aliphatic heterocycles. The van der Waals surface area contributed by atoms with Gasteiger partial charge in [-0.2, -0.15) is 0 Å². The lowest BCUT2D eigenvalue weighted by atomic mass is 9.54. The van der Waals surface area contributed by atoms with Crippen LogP contribution in [0.2, 0.25) is 0 Å². The van der Waals surface area contributed by atoms with Crippen molar-refractivity contribution in [2.45, 2.75) is 57.5 Å². The molecule has 3 nitrogen and oxygen atoms in total. The fraction of sp³-hybridized carbons (Fsp3) is 0.600. The first-order valence-corrected chi connectivity index (χ1v) is 8.60. The van der Waals surface area contributed by atoms with E-state index in [1.165, 1.54) is 0 Å². The third-order valence-corrected chi connectivity index (χ3v) is 6.90. The van der Waals surface area contributed by atoms with Crippen LogP contribution in [-0.4, -0.2) is 22.3 Å². The maximum atomic E-state index is 13.0. The second-order valence-electron chi connectivity index (χ2n) is 7.84. The van der Waals surface area contributed by atoms with Gasteiger partial charge in [0.1, 0.15) is 5.60 Å². The minimum atomic E-state index is -1.16. The number of hydrogen-bond acceptors (Lipinski definition) is 3. The summed E-state index contributed by atoms with van der Waals surface area (Å²) in [7, 11) is 0. The van der Waals surface area contributed by atoms with E-state index in [0.717, 1.165) is 36.0 Å². The number of ketones is 2. The lowest BCUT2D eigenvalue weighted by Gasteiger charge is -2.49. The summed E-state index contributed by atoms with van der Waals surface area (Å²) in [6, 6.07) is 0. The molecule has 0 amide bonds. The number of hydrogen-bond donors (Lipinski definition) is 1. The Morgan fingerprint density at radius 2 is 2.04 bits per heavy atom. The molecule has 0 aromatic heterocycles. The molecular weight excluding hydrogens is 288 g/mol. The predicted octanol–water partition coefficient (Wildman–Crippen LogP) is 2.74. The predicted molar refractivity (Wildman–Crippen MR) is 86.3 cm³/mol. The molecule has 1 N–H and O–H groups in total. The van der Waals surface area contributed by atoms with Gasteiger partial charge >= 0.3 is 0 Å². The quantitative estimate of drug-likeness (QED) is 0.700. The smallest absolute Gasteiger partial charge is 0.160 e. The second kappa shape index (κ2) is 4.68. The Hall–Kier alpha value is -1.66. The molecule has 0 aromatic carbocycles. The van der Waals surface area contributed by atoms with Crippen molar-refractivity contribution >= 4 is 11.6 Å².